The van der Waals surface area contributed by atoms with Crippen LogP contribution in [0.1, 0.15) is 36.2 Å². The van der Waals surface area contributed by atoms with Crippen LogP contribution < -0.4 is 0 Å². The fourth-order valence-corrected chi connectivity index (χ4v) is 2.90. The molecule has 18 heavy (non-hydrogen) atoms. The first-order valence-electron chi connectivity index (χ1n) is 5.95. The van der Waals surface area contributed by atoms with Gasteiger partial charge >= 0.3 is 0 Å². The lowest BCUT2D eigenvalue weighted by Gasteiger charge is -2.07. The standard InChI is InChI=1S/C14H17NO2S/c1-3-11(2)9-18(17)10-14(16)13-6-4-12(8-15)5-7-13/h4-7,11H,3,9-10H2,1-2H3. The number of rotatable bonds is 6. The summed E-state index contributed by atoms with van der Waals surface area (Å²) in [5.74, 6) is 0.884. The van der Waals surface area contributed by atoms with Gasteiger partial charge in [0.2, 0.25) is 0 Å². The summed E-state index contributed by atoms with van der Waals surface area (Å²) in [7, 11) is -1.10. The Labute approximate surface area is 110 Å². The van der Waals surface area contributed by atoms with E-state index in [-0.39, 0.29) is 11.5 Å². The molecule has 0 radical (unpaired) electrons. The first kappa shape index (κ1) is 14.6. The molecule has 4 heteroatoms. The maximum absolute atomic E-state index is 11.8. The molecule has 0 aliphatic rings. The fourth-order valence-electron chi connectivity index (χ4n) is 1.45. The molecule has 1 aromatic rings. The van der Waals surface area contributed by atoms with Crippen molar-refractivity contribution in [3.63, 3.8) is 0 Å². The van der Waals surface area contributed by atoms with Crippen LogP contribution in [0.15, 0.2) is 24.3 Å². The van der Waals surface area contributed by atoms with Crippen LogP contribution in [0.5, 0.6) is 0 Å². The fraction of sp³-hybridized carbons (Fsp3) is 0.429. The summed E-state index contributed by atoms with van der Waals surface area (Å²) in [5, 5.41) is 8.66. The Morgan fingerprint density at radius 3 is 2.50 bits per heavy atom. The van der Waals surface area contributed by atoms with Gasteiger partial charge in [0.05, 0.1) is 17.4 Å². The van der Waals surface area contributed by atoms with Gasteiger partial charge in [-0.1, -0.05) is 32.4 Å². The second-order valence-corrected chi connectivity index (χ2v) is 5.88. The van der Waals surface area contributed by atoms with Crippen LogP contribution in [0.4, 0.5) is 0 Å². The van der Waals surface area contributed by atoms with Crippen molar-refractivity contribution in [1.29, 1.82) is 5.26 Å². The summed E-state index contributed by atoms with van der Waals surface area (Å²) in [4.78, 5) is 11.8. The van der Waals surface area contributed by atoms with Crippen molar-refractivity contribution in [2.24, 2.45) is 5.92 Å². The average molecular weight is 263 g/mol. The van der Waals surface area contributed by atoms with E-state index in [9.17, 15) is 9.00 Å². The lowest BCUT2D eigenvalue weighted by molar-refractivity contribution is 0.102. The van der Waals surface area contributed by atoms with Crippen LogP contribution in [0.2, 0.25) is 0 Å². The van der Waals surface area contributed by atoms with Gasteiger partial charge in [-0.2, -0.15) is 5.26 Å². The predicted molar refractivity (Wildman–Crippen MR) is 72.8 cm³/mol. The minimum Gasteiger partial charge on any atom is -0.293 e. The highest BCUT2D eigenvalue weighted by Crippen LogP contribution is 2.07. The molecule has 0 amide bonds. The number of ketones is 1. The Morgan fingerprint density at radius 1 is 1.39 bits per heavy atom. The van der Waals surface area contributed by atoms with Gasteiger partial charge in [-0.05, 0) is 18.1 Å². The van der Waals surface area contributed by atoms with E-state index in [1.165, 1.54) is 0 Å². The van der Waals surface area contributed by atoms with Crippen LogP contribution in [0.25, 0.3) is 0 Å². The van der Waals surface area contributed by atoms with E-state index in [0.29, 0.717) is 22.8 Å². The largest absolute Gasteiger partial charge is 0.293 e. The highest BCUT2D eigenvalue weighted by molar-refractivity contribution is 7.85. The van der Waals surface area contributed by atoms with Crippen molar-refractivity contribution in [2.75, 3.05) is 11.5 Å². The second kappa shape index (κ2) is 7.07. The van der Waals surface area contributed by atoms with Crippen molar-refractivity contribution in [2.45, 2.75) is 20.3 Å². The molecule has 1 rings (SSSR count). The Balaban J connectivity index is 2.60. The predicted octanol–water partition coefficient (Wildman–Crippen LogP) is 2.54. The number of carbonyl (C=O) groups excluding carboxylic acids is 1. The first-order valence-corrected chi connectivity index (χ1v) is 7.44. The monoisotopic (exact) mass is 263 g/mol. The van der Waals surface area contributed by atoms with Crippen molar-refractivity contribution in [3.05, 3.63) is 35.4 Å². The third-order valence-electron chi connectivity index (χ3n) is 2.80. The highest BCUT2D eigenvalue weighted by atomic mass is 32.2. The molecule has 0 bridgehead atoms. The van der Waals surface area contributed by atoms with Gasteiger partial charge in [-0.15, -0.1) is 0 Å². The number of nitriles is 1. The van der Waals surface area contributed by atoms with Crippen molar-refractivity contribution >= 4 is 16.6 Å². The molecule has 0 N–H and O–H groups in total. The molecule has 3 nitrogen and oxygen atoms in total. The number of hydrogen-bond donors (Lipinski definition) is 0. The molecular formula is C14H17NO2S. The molecule has 0 aliphatic heterocycles. The van der Waals surface area contributed by atoms with Crippen molar-refractivity contribution in [3.8, 4) is 6.07 Å². The van der Waals surface area contributed by atoms with Gasteiger partial charge in [0.1, 0.15) is 0 Å². The molecule has 2 atom stereocenters. The summed E-state index contributed by atoms with van der Waals surface area (Å²) in [6.07, 6.45) is 0.969. The smallest absolute Gasteiger partial charge is 0.175 e. The van der Waals surface area contributed by atoms with Crippen LogP contribution >= 0.6 is 0 Å². The topological polar surface area (TPSA) is 57.9 Å². The average Bonchev–Trinajstić information content (AvgIpc) is 2.38. The Bertz CT molecular complexity index is 474. The zero-order valence-corrected chi connectivity index (χ0v) is 11.5. The maximum Gasteiger partial charge on any atom is 0.175 e. The van der Waals surface area contributed by atoms with Crippen LogP contribution in [0.3, 0.4) is 0 Å². The number of benzene rings is 1. The Morgan fingerprint density at radius 2 is 2.00 bits per heavy atom. The zero-order valence-electron chi connectivity index (χ0n) is 10.7. The molecule has 0 fully saturated rings. The molecule has 0 aromatic heterocycles. The van der Waals surface area contributed by atoms with Gasteiger partial charge in [0.25, 0.3) is 0 Å². The minimum atomic E-state index is -1.10. The molecule has 0 aliphatic carbocycles. The summed E-state index contributed by atoms with van der Waals surface area (Å²) < 4.78 is 11.8. The van der Waals surface area contributed by atoms with Gasteiger partial charge in [-0.25, -0.2) is 0 Å². The van der Waals surface area contributed by atoms with Gasteiger partial charge in [-0.3, -0.25) is 9.00 Å². The summed E-state index contributed by atoms with van der Waals surface area (Å²) in [6.45, 7) is 4.08. The molecule has 0 heterocycles. The molecule has 0 saturated carbocycles. The molecule has 0 spiro atoms. The molecule has 2 unspecified atom stereocenters. The number of hydrogen-bond acceptors (Lipinski definition) is 3. The quantitative estimate of drug-likeness (QED) is 0.741. The van der Waals surface area contributed by atoms with Gasteiger partial charge in [0, 0.05) is 22.1 Å². The molecule has 0 saturated heterocycles. The van der Waals surface area contributed by atoms with E-state index in [1.807, 2.05) is 19.9 Å². The summed E-state index contributed by atoms with van der Waals surface area (Å²) >= 11 is 0. The van der Waals surface area contributed by atoms with Crippen LogP contribution in [-0.4, -0.2) is 21.5 Å². The van der Waals surface area contributed by atoms with Gasteiger partial charge in [0.15, 0.2) is 5.78 Å². The minimum absolute atomic E-state index is 0.0657. The van der Waals surface area contributed by atoms with Gasteiger partial charge < -0.3 is 0 Å². The third-order valence-corrected chi connectivity index (χ3v) is 4.32. The highest BCUT2D eigenvalue weighted by Gasteiger charge is 2.12. The van der Waals surface area contributed by atoms with E-state index in [2.05, 4.69) is 0 Å². The first-order chi connectivity index (χ1) is 8.56. The Hall–Kier alpha value is -1.47. The normalized spacial score (nSPS) is 13.6. The Kier molecular flexibility index (Phi) is 5.73. The van der Waals surface area contributed by atoms with E-state index in [1.54, 1.807) is 24.3 Å². The maximum atomic E-state index is 11.8. The molecule has 96 valence electrons. The van der Waals surface area contributed by atoms with E-state index in [0.717, 1.165) is 6.42 Å². The van der Waals surface area contributed by atoms with E-state index in [4.69, 9.17) is 5.26 Å². The zero-order chi connectivity index (χ0) is 13.5. The van der Waals surface area contributed by atoms with E-state index >= 15 is 0 Å². The SMILES string of the molecule is CCC(C)CS(=O)CC(=O)c1ccc(C#N)cc1. The van der Waals surface area contributed by atoms with Crippen LogP contribution in [-0.2, 0) is 10.8 Å². The van der Waals surface area contributed by atoms with Crippen LogP contribution in [0, 0.1) is 17.2 Å². The summed E-state index contributed by atoms with van der Waals surface area (Å²) in [5.41, 5.74) is 1.04. The van der Waals surface area contributed by atoms with Crippen molar-refractivity contribution in [1.82, 2.24) is 0 Å². The lowest BCUT2D eigenvalue weighted by atomic mass is 10.1. The molecular weight excluding hydrogens is 246 g/mol. The lowest BCUT2D eigenvalue weighted by Crippen LogP contribution is -2.16. The molecule has 1 aromatic carbocycles. The number of Topliss-reactive ketones (excluding diaryl/α,β-unsaturated/α-hetero) is 1. The van der Waals surface area contributed by atoms with Crippen molar-refractivity contribution < 1.29 is 9.00 Å². The summed E-state index contributed by atoms with van der Waals surface area (Å²) in [6, 6.07) is 8.43. The third kappa shape index (κ3) is 4.42. The number of nitrogens with zero attached hydrogens (tertiary/aromatic N) is 1. The second-order valence-electron chi connectivity index (χ2n) is 4.38. The van der Waals surface area contributed by atoms with E-state index < -0.39 is 10.8 Å². The number of carbonyl (C=O) groups is 1.